The minimum Gasteiger partial charge on any atom is -0.368 e. The fraction of sp³-hybridized carbons (Fsp3) is 0.650. The number of piperidine rings is 1. The topological polar surface area (TPSA) is 70.2 Å². The van der Waals surface area contributed by atoms with Gasteiger partial charge in [-0.15, -0.1) is 11.3 Å². The highest BCUT2D eigenvalue weighted by Gasteiger charge is 2.35. The van der Waals surface area contributed by atoms with E-state index in [-0.39, 0.29) is 29.7 Å². The van der Waals surface area contributed by atoms with Gasteiger partial charge in [0.2, 0.25) is 5.91 Å². The maximum atomic E-state index is 13.0. The number of rotatable bonds is 3. The monoisotopic (exact) mass is 405 g/mol. The van der Waals surface area contributed by atoms with Crippen molar-refractivity contribution >= 4 is 29.1 Å². The summed E-state index contributed by atoms with van der Waals surface area (Å²) in [5.41, 5.74) is 0. The molecule has 0 aromatic carbocycles. The number of carbonyl (C=O) groups is 3. The molecule has 3 saturated heterocycles. The third-order valence-corrected chi connectivity index (χ3v) is 6.76. The summed E-state index contributed by atoms with van der Waals surface area (Å²) in [5, 5.41) is 1.90. The maximum Gasteiger partial charge on any atom is 0.263 e. The number of likely N-dealkylation sites (tertiary alicyclic amines) is 1. The minimum atomic E-state index is -0.294. The van der Waals surface area contributed by atoms with E-state index >= 15 is 0 Å². The molecule has 3 aliphatic heterocycles. The zero-order valence-electron chi connectivity index (χ0n) is 16.0. The molecule has 1 aromatic heterocycles. The molecule has 0 saturated carbocycles. The quantitative estimate of drug-likeness (QED) is 0.763. The summed E-state index contributed by atoms with van der Waals surface area (Å²) in [5.74, 6) is 0.0699. The molecule has 3 aliphatic rings. The fourth-order valence-corrected chi connectivity index (χ4v) is 4.99. The molecule has 1 aromatic rings. The molecule has 3 fully saturated rings. The Morgan fingerprint density at radius 1 is 0.929 bits per heavy atom. The van der Waals surface area contributed by atoms with Gasteiger partial charge in [0.25, 0.3) is 11.8 Å². The van der Waals surface area contributed by atoms with Crippen LogP contribution in [0, 0.1) is 5.92 Å². The molecule has 0 spiro atoms. The van der Waals surface area contributed by atoms with E-state index in [4.69, 9.17) is 4.74 Å². The van der Waals surface area contributed by atoms with E-state index in [0.29, 0.717) is 45.9 Å². The predicted molar refractivity (Wildman–Crippen MR) is 105 cm³/mol. The Bertz CT molecular complexity index is 709. The SMILES string of the molecule is O=C(c1cccs1)N1CCC[C@H](C(=O)N2CCN(C(=O)[C@@H]3CCCO3)CC2)C1. The van der Waals surface area contributed by atoms with Gasteiger partial charge < -0.3 is 19.4 Å². The second kappa shape index (κ2) is 8.61. The van der Waals surface area contributed by atoms with Crippen molar-refractivity contribution in [1.29, 1.82) is 0 Å². The van der Waals surface area contributed by atoms with E-state index < -0.39 is 0 Å². The van der Waals surface area contributed by atoms with Crippen molar-refractivity contribution in [2.24, 2.45) is 5.92 Å². The van der Waals surface area contributed by atoms with E-state index in [0.717, 1.165) is 30.6 Å². The van der Waals surface area contributed by atoms with Crippen LogP contribution >= 0.6 is 11.3 Å². The van der Waals surface area contributed by atoms with Crippen LogP contribution in [0.25, 0.3) is 0 Å². The third kappa shape index (κ3) is 4.07. The Hall–Kier alpha value is -1.93. The van der Waals surface area contributed by atoms with Crippen molar-refractivity contribution < 1.29 is 19.1 Å². The summed E-state index contributed by atoms with van der Waals surface area (Å²) in [6.07, 6.45) is 3.12. The highest BCUT2D eigenvalue weighted by atomic mass is 32.1. The zero-order valence-corrected chi connectivity index (χ0v) is 16.9. The van der Waals surface area contributed by atoms with Gasteiger partial charge in [-0.3, -0.25) is 14.4 Å². The number of ether oxygens (including phenoxy) is 1. The molecule has 0 radical (unpaired) electrons. The van der Waals surface area contributed by atoms with Gasteiger partial charge in [-0.2, -0.15) is 0 Å². The number of carbonyl (C=O) groups excluding carboxylic acids is 3. The lowest BCUT2D eigenvalue weighted by atomic mass is 9.96. The van der Waals surface area contributed by atoms with Gasteiger partial charge in [0.05, 0.1) is 10.8 Å². The van der Waals surface area contributed by atoms with Gasteiger partial charge in [0, 0.05) is 45.9 Å². The first-order valence-corrected chi connectivity index (χ1v) is 11.0. The molecule has 0 N–H and O–H groups in total. The maximum absolute atomic E-state index is 13.0. The van der Waals surface area contributed by atoms with E-state index in [9.17, 15) is 14.4 Å². The standard InChI is InChI=1S/C20H27N3O4S/c24-18(15-4-1-7-23(14-15)20(26)17-6-3-13-28-17)21-8-10-22(11-9-21)19(25)16-5-2-12-27-16/h3,6,13,15-16H,1-2,4-5,7-12,14H2/t15-,16-/m0/s1. The smallest absolute Gasteiger partial charge is 0.263 e. The lowest BCUT2D eigenvalue weighted by Gasteiger charge is -2.39. The minimum absolute atomic E-state index is 0.0273. The molecule has 2 atom stereocenters. The summed E-state index contributed by atoms with van der Waals surface area (Å²) >= 11 is 1.44. The molecule has 4 rings (SSSR count). The fourth-order valence-electron chi connectivity index (χ4n) is 4.30. The van der Waals surface area contributed by atoms with Gasteiger partial charge >= 0.3 is 0 Å². The lowest BCUT2D eigenvalue weighted by molar-refractivity contribution is -0.147. The van der Waals surface area contributed by atoms with Crippen molar-refractivity contribution in [3.05, 3.63) is 22.4 Å². The molecule has 0 unspecified atom stereocenters. The molecule has 3 amide bonds. The largest absolute Gasteiger partial charge is 0.368 e. The normalized spacial score (nSPS) is 25.8. The van der Waals surface area contributed by atoms with Crippen molar-refractivity contribution in [2.75, 3.05) is 45.9 Å². The molecule has 4 heterocycles. The number of thiophene rings is 1. The second-order valence-corrected chi connectivity index (χ2v) is 8.67. The van der Waals surface area contributed by atoms with Crippen LogP contribution in [0.3, 0.4) is 0 Å². The van der Waals surface area contributed by atoms with Crippen LogP contribution in [0.1, 0.15) is 35.4 Å². The third-order valence-electron chi connectivity index (χ3n) is 5.90. The van der Waals surface area contributed by atoms with Crippen molar-refractivity contribution in [2.45, 2.75) is 31.8 Å². The first kappa shape index (κ1) is 19.4. The van der Waals surface area contributed by atoms with E-state index in [1.54, 1.807) is 0 Å². The zero-order chi connectivity index (χ0) is 19.5. The Balaban J connectivity index is 1.30. The summed E-state index contributed by atoms with van der Waals surface area (Å²) < 4.78 is 5.49. The number of hydrogen-bond acceptors (Lipinski definition) is 5. The summed E-state index contributed by atoms with van der Waals surface area (Å²) in [4.78, 5) is 44.3. The second-order valence-electron chi connectivity index (χ2n) is 7.72. The number of amides is 3. The molecular formula is C20H27N3O4S. The molecule has 28 heavy (non-hydrogen) atoms. The molecule has 7 nitrogen and oxygen atoms in total. The first-order valence-electron chi connectivity index (χ1n) is 10.2. The summed E-state index contributed by atoms with van der Waals surface area (Å²) in [6, 6.07) is 3.71. The molecule has 152 valence electrons. The average Bonchev–Trinajstić information content (AvgIpc) is 3.47. The van der Waals surface area contributed by atoms with Crippen LogP contribution in [-0.4, -0.2) is 84.4 Å². The predicted octanol–water partition coefficient (Wildman–Crippen LogP) is 1.45. The Morgan fingerprint density at radius 3 is 2.32 bits per heavy atom. The summed E-state index contributed by atoms with van der Waals surface area (Å²) in [7, 11) is 0. The molecule has 8 heteroatoms. The van der Waals surface area contributed by atoms with Crippen molar-refractivity contribution in [3.8, 4) is 0 Å². The molecule has 0 bridgehead atoms. The highest BCUT2D eigenvalue weighted by molar-refractivity contribution is 7.12. The Kier molecular flexibility index (Phi) is 5.96. The Labute approximate surface area is 169 Å². The number of hydrogen-bond donors (Lipinski definition) is 0. The van der Waals surface area contributed by atoms with Gasteiger partial charge in [-0.25, -0.2) is 0 Å². The van der Waals surface area contributed by atoms with Crippen molar-refractivity contribution in [1.82, 2.24) is 14.7 Å². The molecular weight excluding hydrogens is 378 g/mol. The van der Waals surface area contributed by atoms with Crippen LogP contribution in [0.15, 0.2) is 17.5 Å². The molecule has 0 aliphatic carbocycles. The Morgan fingerprint density at radius 2 is 1.68 bits per heavy atom. The van der Waals surface area contributed by atoms with Crippen molar-refractivity contribution in [3.63, 3.8) is 0 Å². The van der Waals surface area contributed by atoms with Crippen LogP contribution in [-0.2, 0) is 14.3 Å². The van der Waals surface area contributed by atoms with Crippen LogP contribution < -0.4 is 0 Å². The van der Waals surface area contributed by atoms with Crippen LogP contribution in [0.4, 0.5) is 0 Å². The van der Waals surface area contributed by atoms with E-state index in [1.165, 1.54) is 11.3 Å². The number of nitrogens with zero attached hydrogens (tertiary/aromatic N) is 3. The van der Waals surface area contributed by atoms with E-state index in [1.807, 2.05) is 32.2 Å². The van der Waals surface area contributed by atoms with Gasteiger partial charge in [0.15, 0.2) is 0 Å². The van der Waals surface area contributed by atoms with Gasteiger partial charge in [0.1, 0.15) is 6.10 Å². The average molecular weight is 406 g/mol. The highest BCUT2D eigenvalue weighted by Crippen LogP contribution is 2.23. The summed E-state index contributed by atoms with van der Waals surface area (Å²) in [6.45, 7) is 4.12. The first-order chi connectivity index (χ1) is 13.6. The van der Waals surface area contributed by atoms with E-state index in [2.05, 4.69) is 0 Å². The van der Waals surface area contributed by atoms with Gasteiger partial charge in [-0.05, 0) is 37.1 Å². The van der Waals surface area contributed by atoms with Crippen LogP contribution in [0.2, 0.25) is 0 Å². The number of piperazine rings is 1. The van der Waals surface area contributed by atoms with Gasteiger partial charge in [-0.1, -0.05) is 6.07 Å². The van der Waals surface area contributed by atoms with Crippen LogP contribution in [0.5, 0.6) is 0 Å². The lowest BCUT2D eigenvalue weighted by Crippen LogP contribution is -2.55.